The molecule has 1 aromatic heterocycles. The van der Waals surface area contributed by atoms with E-state index in [1.807, 2.05) is 19.1 Å². The fourth-order valence-electron chi connectivity index (χ4n) is 2.34. The first-order chi connectivity index (χ1) is 13.4. The first kappa shape index (κ1) is 19.9. The third-order valence-electron chi connectivity index (χ3n) is 3.87. The molecule has 2 N–H and O–H groups in total. The number of methoxy groups -OCH3 is 1. The van der Waals surface area contributed by atoms with Crippen molar-refractivity contribution >= 4 is 32.4 Å². The lowest BCUT2D eigenvalue weighted by Crippen LogP contribution is -2.23. The van der Waals surface area contributed by atoms with Crippen LogP contribution in [-0.4, -0.2) is 31.6 Å². The van der Waals surface area contributed by atoms with E-state index in [-0.39, 0.29) is 21.9 Å². The van der Waals surface area contributed by atoms with Gasteiger partial charge < -0.3 is 4.74 Å². The van der Waals surface area contributed by atoms with Crippen molar-refractivity contribution in [1.82, 2.24) is 14.9 Å². The van der Waals surface area contributed by atoms with Gasteiger partial charge in [-0.3, -0.25) is 10.1 Å². The highest BCUT2D eigenvalue weighted by Crippen LogP contribution is 2.21. The van der Waals surface area contributed by atoms with Crippen molar-refractivity contribution in [2.75, 3.05) is 12.4 Å². The quantitative estimate of drug-likeness (QED) is 0.571. The molecule has 3 rings (SSSR count). The van der Waals surface area contributed by atoms with Gasteiger partial charge in [0, 0.05) is 12.1 Å². The Bertz CT molecular complexity index is 1080. The fraction of sp³-hybridized carbons (Fsp3) is 0.167. The lowest BCUT2D eigenvalue weighted by molar-refractivity contribution is 0.102. The maximum absolute atomic E-state index is 12.4. The number of hydrogen-bond acceptors (Lipinski definition) is 7. The van der Waals surface area contributed by atoms with Crippen molar-refractivity contribution < 1.29 is 17.9 Å². The summed E-state index contributed by atoms with van der Waals surface area (Å²) in [5.74, 6) is 0.314. The largest absolute Gasteiger partial charge is 0.497 e. The number of anilines is 1. The minimum atomic E-state index is -3.85. The monoisotopic (exact) mass is 418 g/mol. The van der Waals surface area contributed by atoms with Crippen LogP contribution in [0.4, 0.5) is 5.13 Å². The number of sulfonamides is 1. The molecule has 0 saturated carbocycles. The number of ether oxygens (including phenoxy) is 1. The second kappa shape index (κ2) is 8.46. The van der Waals surface area contributed by atoms with E-state index in [9.17, 15) is 13.2 Å². The number of carbonyl (C=O) groups is 1. The van der Waals surface area contributed by atoms with E-state index in [1.54, 1.807) is 43.5 Å². The van der Waals surface area contributed by atoms with Gasteiger partial charge in [-0.2, -0.15) is 0 Å². The van der Waals surface area contributed by atoms with Crippen LogP contribution in [0.1, 0.15) is 21.5 Å². The molecule has 3 aromatic rings. The van der Waals surface area contributed by atoms with Gasteiger partial charge in [-0.15, -0.1) is 10.2 Å². The van der Waals surface area contributed by atoms with Crippen LogP contribution in [0.3, 0.4) is 0 Å². The normalized spacial score (nSPS) is 11.2. The number of rotatable bonds is 7. The van der Waals surface area contributed by atoms with Crippen LogP contribution in [0, 0.1) is 6.92 Å². The van der Waals surface area contributed by atoms with Gasteiger partial charge in [-0.1, -0.05) is 41.7 Å². The summed E-state index contributed by atoms with van der Waals surface area (Å²) in [5.41, 5.74) is 2.06. The van der Waals surface area contributed by atoms with Gasteiger partial charge in [0.25, 0.3) is 15.9 Å². The zero-order chi connectivity index (χ0) is 20.1. The highest BCUT2D eigenvalue weighted by atomic mass is 32.2. The zero-order valence-electron chi connectivity index (χ0n) is 15.2. The Balaban J connectivity index is 1.66. The zero-order valence-corrected chi connectivity index (χ0v) is 16.8. The standard InChI is InChI=1S/C18H18N4O4S2/c1-12-5-3-4-6-15(12)16(23)20-17-21-22-18(27-17)28(24,25)19-11-13-7-9-14(26-2)10-8-13/h3-10,19H,11H2,1-2H3,(H,20,21,23). The van der Waals surface area contributed by atoms with Crippen LogP contribution >= 0.6 is 11.3 Å². The predicted octanol–water partition coefficient (Wildman–Crippen LogP) is 2.59. The summed E-state index contributed by atoms with van der Waals surface area (Å²) >= 11 is 0.785. The molecule has 1 heterocycles. The lowest BCUT2D eigenvalue weighted by atomic mass is 10.1. The van der Waals surface area contributed by atoms with Crippen LogP contribution in [0.2, 0.25) is 0 Å². The topological polar surface area (TPSA) is 110 Å². The van der Waals surface area contributed by atoms with E-state index in [2.05, 4.69) is 20.2 Å². The third-order valence-corrected chi connectivity index (χ3v) is 6.48. The average molecular weight is 419 g/mol. The van der Waals surface area contributed by atoms with Gasteiger partial charge in [0.1, 0.15) is 5.75 Å². The number of nitrogens with zero attached hydrogens (tertiary/aromatic N) is 2. The SMILES string of the molecule is COc1ccc(CNS(=O)(=O)c2nnc(NC(=O)c3ccccc3C)s2)cc1. The molecule has 0 radical (unpaired) electrons. The van der Waals surface area contributed by atoms with E-state index < -0.39 is 10.0 Å². The predicted molar refractivity (Wildman–Crippen MR) is 106 cm³/mol. The van der Waals surface area contributed by atoms with Gasteiger partial charge in [-0.05, 0) is 36.2 Å². The summed E-state index contributed by atoms with van der Waals surface area (Å²) < 4.78 is 32.1. The van der Waals surface area contributed by atoms with Crippen molar-refractivity contribution in [2.24, 2.45) is 0 Å². The number of aromatic nitrogens is 2. The maximum Gasteiger partial charge on any atom is 0.270 e. The molecule has 8 nitrogen and oxygen atoms in total. The summed E-state index contributed by atoms with van der Waals surface area (Å²) in [5, 5.41) is 10.1. The second-order valence-electron chi connectivity index (χ2n) is 5.81. The van der Waals surface area contributed by atoms with Crippen LogP contribution in [-0.2, 0) is 16.6 Å². The first-order valence-corrected chi connectivity index (χ1v) is 10.5. The molecule has 0 unspecified atom stereocenters. The van der Waals surface area contributed by atoms with Gasteiger partial charge in [0.15, 0.2) is 0 Å². The van der Waals surface area contributed by atoms with Crippen LogP contribution in [0.15, 0.2) is 52.9 Å². The number of aryl methyl sites for hydroxylation is 1. The molecule has 2 aromatic carbocycles. The van der Waals surface area contributed by atoms with E-state index >= 15 is 0 Å². The number of benzene rings is 2. The van der Waals surface area contributed by atoms with Crippen LogP contribution in [0.25, 0.3) is 0 Å². The number of amides is 1. The molecule has 0 aliphatic rings. The van der Waals surface area contributed by atoms with Crippen LogP contribution in [0.5, 0.6) is 5.75 Å². The van der Waals surface area contributed by atoms with Crippen molar-refractivity contribution in [3.63, 3.8) is 0 Å². The maximum atomic E-state index is 12.4. The Morgan fingerprint density at radius 2 is 1.82 bits per heavy atom. The highest BCUT2D eigenvalue weighted by Gasteiger charge is 2.21. The summed E-state index contributed by atoms with van der Waals surface area (Å²) in [6, 6.07) is 14.1. The molecular formula is C18H18N4O4S2. The molecule has 0 aliphatic carbocycles. The lowest BCUT2D eigenvalue weighted by Gasteiger charge is -2.05. The van der Waals surface area contributed by atoms with Gasteiger partial charge in [0.05, 0.1) is 7.11 Å². The van der Waals surface area contributed by atoms with E-state index in [0.717, 1.165) is 22.5 Å². The van der Waals surface area contributed by atoms with E-state index in [4.69, 9.17) is 4.74 Å². The van der Waals surface area contributed by atoms with Crippen LogP contribution < -0.4 is 14.8 Å². The number of hydrogen-bond donors (Lipinski definition) is 2. The summed E-state index contributed by atoms with van der Waals surface area (Å²) in [4.78, 5) is 12.3. The molecule has 0 atom stereocenters. The summed E-state index contributed by atoms with van der Waals surface area (Å²) in [7, 11) is -2.29. The van der Waals surface area contributed by atoms with Crippen molar-refractivity contribution in [3.05, 3.63) is 65.2 Å². The number of nitrogens with one attached hydrogen (secondary N) is 2. The van der Waals surface area contributed by atoms with Gasteiger partial charge in [0.2, 0.25) is 9.47 Å². The molecule has 0 aliphatic heterocycles. The second-order valence-corrected chi connectivity index (χ2v) is 8.73. The van der Waals surface area contributed by atoms with Gasteiger partial charge >= 0.3 is 0 Å². The minimum absolute atomic E-state index is 0.0941. The number of carbonyl (C=O) groups excluding carboxylic acids is 1. The molecule has 0 bridgehead atoms. The van der Waals surface area contributed by atoms with Crippen molar-refractivity contribution in [1.29, 1.82) is 0 Å². The third kappa shape index (κ3) is 4.71. The Kier molecular flexibility index (Phi) is 6.02. The van der Waals surface area contributed by atoms with E-state index in [0.29, 0.717) is 11.3 Å². The fourth-order valence-corrected chi connectivity index (χ4v) is 4.30. The summed E-state index contributed by atoms with van der Waals surface area (Å²) in [6.07, 6.45) is 0. The first-order valence-electron chi connectivity index (χ1n) is 8.22. The molecule has 0 fully saturated rings. The van der Waals surface area contributed by atoms with E-state index in [1.165, 1.54) is 0 Å². The average Bonchev–Trinajstić information content (AvgIpc) is 3.16. The highest BCUT2D eigenvalue weighted by molar-refractivity contribution is 7.91. The Hall–Kier alpha value is -2.82. The van der Waals surface area contributed by atoms with Crippen molar-refractivity contribution in [2.45, 2.75) is 17.8 Å². The Morgan fingerprint density at radius 1 is 1.11 bits per heavy atom. The molecular weight excluding hydrogens is 400 g/mol. The molecule has 146 valence electrons. The molecule has 1 amide bonds. The summed E-state index contributed by atoms with van der Waals surface area (Å²) in [6.45, 7) is 1.91. The molecule has 28 heavy (non-hydrogen) atoms. The molecule has 0 spiro atoms. The van der Waals surface area contributed by atoms with Gasteiger partial charge in [-0.25, -0.2) is 13.1 Å². The van der Waals surface area contributed by atoms with Crippen molar-refractivity contribution in [3.8, 4) is 5.75 Å². The Morgan fingerprint density at radius 3 is 2.50 bits per heavy atom. The Labute approximate surface area is 166 Å². The molecule has 10 heteroatoms. The minimum Gasteiger partial charge on any atom is -0.497 e. The smallest absolute Gasteiger partial charge is 0.270 e. The molecule has 0 saturated heterocycles.